The average Bonchev–Trinajstić information content (AvgIpc) is 3.47. The van der Waals surface area contributed by atoms with Crippen molar-refractivity contribution in [2.75, 3.05) is 6.54 Å². The fraction of sp³-hybridized carbons (Fsp3) is 0.667. The molecule has 0 spiro atoms. The first-order valence-corrected chi connectivity index (χ1v) is 11.1. The normalized spacial score (nSPS) is 20.4. The van der Waals surface area contributed by atoms with Crippen LogP contribution in [0.2, 0.25) is 0 Å². The van der Waals surface area contributed by atoms with Crippen LogP contribution >= 0.6 is 0 Å². The number of aromatic amines is 1. The van der Waals surface area contributed by atoms with Gasteiger partial charge in [-0.15, -0.1) is 0 Å². The molecule has 12 heteroatoms. The SMILES string of the molecule is CCC(C)C(NC(=O)C(Cc1cnc[nH]1)NC(=O)C(N)C(C)O)C(=O)N1CCCC1C(=O)O. The summed E-state index contributed by atoms with van der Waals surface area (Å²) >= 11 is 0. The highest BCUT2D eigenvalue weighted by atomic mass is 16.4. The van der Waals surface area contributed by atoms with Crippen molar-refractivity contribution in [1.29, 1.82) is 0 Å². The van der Waals surface area contributed by atoms with Crippen molar-refractivity contribution >= 4 is 23.7 Å². The number of nitrogens with two attached hydrogens (primary N) is 1. The number of aliphatic carboxylic acids is 1. The van der Waals surface area contributed by atoms with Crippen molar-refractivity contribution in [2.45, 2.75) is 76.7 Å². The van der Waals surface area contributed by atoms with E-state index in [9.17, 15) is 29.4 Å². The molecule has 6 atom stereocenters. The standard InChI is InChI=1S/C21H34N6O6/c1-4-11(2)17(20(31)27-7-5-6-15(27)21(32)33)26-18(29)14(8-13-9-23-10-24-13)25-19(30)16(22)12(3)28/h9-12,14-17,28H,4-8,22H2,1-3H3,(H,23,24)(H,25,30)(H,26,29)(H,32,33). The zero-order valence-electron chi connectivity index (χ0n) is 19.2. The van der Waals surface area contributed by atoms with Gasteiger partial charge in [-0.25, -0.2) is 9.78 Å². The number of nitrogens with one attached hydrogen (secondary N) is 3. The van der Waals surface area contributed by atoms with Gasteiger partial charge in [-0.3, -0.25) is 14.4 Å². The van der Waals surface area contributed by atoms with Gasteiger partial charge in [0.1, 0.15) is 24.2 Å². The van der Waals surface area contributed by atoms with E-state index in [0.717, 1.165) is 0 Å². The third-order valence-electron chi connectivity index (χ3n) is 6.03. The van der Waals surface area contributed by atoms with Crippen LogP contribution in [0.25, 0.3) is 0 Å². The summed E-state index contributed by atoms with van der Waals surface area (Å²) in [6, 6.07) is -4.23. The minimum Gasteiger partial charge on any atom is -0.480 e. The van der Waals surface area contributed by atoms with Gasteiger partial charge in [0.15, 0.2) is 0 Å². The van der Waals surface area contributed by atoms with Gasteiger partial charge in [0.25, 0.3) is 0 Å². The van der Waals surface area contributed by atoms with E-state index in [1.54, 1.807) is 6.92 Å². The molecule has 0 bridgehead atoms. The highest BCUT2D eigenvalue weighted by Gasteiger charge is 2.40. The van der Waals surface area contributed by atoms with Crippen molar-refractivity contribution in [3.05, 3.63) is 18.2 Å². The molecule has 7 N–H and O–H groups in total. The fourth-order valence-electron chi connectivity index (χ4n) is 3.72. The van der Waals surface area contributed by atoms with Gasteiger partial charge in [0.05, 0.1) is 12.4 Å². The van der Waals surface area contributed by atoms with Crippen LogP contribution in [-0.4, -0.2) is 85.6 Å². The number of carboxylic acid groups (broad SMARTS) is 1. The number of carbonyl (C=O) groups excluding carboxylic acids is 3. The molecule has 3 amide bonds. The van der Waals surface area contributed by atoms with Gasteiger partial charge in [-0.05, 0) is 25.7 Å². The molecule has 12 nitrogen and oxygen atoms in total. The van der Waals surface area contributed by atoms with E-state index in [-0.39, 0.29) is 12.3 Å². The lowest BCUT2D eigenvalue weighted by atomic mass is 9.96. The molecule has 2 rings (SSSR count). The number of carboxylic acids is 1. The lowest BCUT2D eigenvalue weighted by molar-refractivity contribution is -0.150. The molecule has 1 aliphatic rings. The van der Waals surface area contributed by atoms with Gasteiger partial charge in [-0.2, -0.15) is 0 Å². The molecule has 0 aliphatic carbocycles. The highest BCUT2D eigenvalue weighted by molar-refractivity contribution is 5.94. The molecule has 1 aromatic rings. The van der Waals surface area contributed by atoms with Crippen LogP contribution in [0.1, 0.15) is 45.7 Å². The molecule has 1 aliphatic heterocycles. The number of H-pyrrole nitrogens is 1. The third kappa shape index (κ3) is 6.75. The summed E-state index contributed by atoms with van der Waals surface area (Å²) in [6.45, 7) is 5.32. The largest absolute Gasteiger partial charge is 0.480 e. The second-order valence-corrected chi connectivity index (χ2v) is 8.51. The van der Waals surface area contributed by atoms with E-state index in [2.05, 4.69) is 20.6 Å². The number of hydrogen-bond donors (Lipinski definition) is 6. The number of aliphatic hydroxyl groups is 1. The third-order valence-corrected chi connectivity index (χ3v) is 6.03. The van der Waals surface area contributed by atoms with Crippen LogP contribution in [0.4, 0.5) is 0 Å². The number of nitrogens with zero attached hydrogens (tertiary/aromatic N) is 2. The maximum absolute atomic E-state index is 13.2. The van der Waals surface area contributed by atoms with Crippen molar-refractivity contribution in [3.63, 3.8) is 0 Å². The molecule has 0 aromatic carbocycles. The Morgan fingerprint density at radius 2 is 1.97 bits per heavy atom. The number of aliphatic hydroxyl groups excluding tert-OH is 1. The Bertz CT molecular complexity index is 829. The fourth-order valence-corrected chi connectivity index (χ4v) is 3.72. The number of amides is 3. The number of hydrogen-bond acceptors (Lipinski definition) is 7. The van der Waals surface area contributed by atoms with E-state index < -0.39 is 54.0 Å². The van der Waals surface area contributed by atoms with E-state index in [0.29, 0.717) is 31.5 Å². The van der Waals surface area contributed by atoms with Crippen LogP contribution in [-0.2, 0) is 25.6 Å². The molecule has 6 unspecified atom stereocenters. The lowest BCUT2D eigenvalue weighted by Crippen LogP contribution is -2.59. The summed E-state index contributed by atoms with van der Waals surface area (Å²) in [4.78, 5) is 58.5. The van der Waals surface area contributed by atoms with Gasteiger partial charge in [0, 0.05) is 24.9 Å². The Morgan fingerprint density at radius 3 is 2.52 bits per heavy atom. The Hall–Kier alpha value is -2.99. The molecule has 0 radical (unpaired) electrons. The second kappa shape index (κ2) is 11.8. The number of rotatable bonds is 11. The summed E-state index contributed by atoms with van der Waals surface area (Å²) in [6.07, 6.45) is 3.34. The number of aromatic nitrogens is 2. The predicted molar refractivity (Wildman–Crippen MR) is 118 cm³/mol. The molecule has 2 heterocycles. The van der Waals surface area contributed by atoms with Gasteiger partial charge >= 0.3 is 5.97 Å². The van der Waals surface area contributed by atoms with Crippen LogP contribution in [0, 0.1) is 5.92 Å². The molecule has 33 heavy (non-hydrogen) atoms. The molecule has 184 valence electrons. The monoisotopic (exact) mass is 466 g/mol. The first-order valence-electron chi connectivity index (χ1n) is 11.1. The molecular weight excluding hydrogens is 432 g/mol. The van der Waals surface area contributed by atoms with E-state index in [1.807, 2.05) is 6.92 Å². The molecular formula is C21H34N6O6. The van der Waals surface area contributed by atoms with Crippen molar-refractivity contribution in [1.82, 2.24) is 25.5 Å². The quantitative estimate of drug-likeness (QED) is 0.233. The maximum Gasteiger partial charge on any atom is 0.326 e. The van der Waals surface area contributed by atoms with E-state index >= 15 is 0 Å². The summed E-state index contributed by atoms with van der Waals surface area (Å²) in [7, 11) is 0. The maximum atomic E-state index is 13.2. The first-order chi connectivity index (χ1) is 15.6. The minimum atomic E-state index is -1.24. The van der Waals surface area contributed by atoms with Crippen molar-refractivity contribution < 1.29 is 29.4 Å². The number of likely N-dealkylation sites (tertiary alicyclic amines) is 1. The van der Waals surface area contributed by atoms with Gasteiger partial charge in [-0.1, -0.05) is 20.3 Å². The highest BCUT2D eigenvalue weighted by Crippen LogP contribution is 2.21. The van der Waals surface area contributed by atoms with Crippen LogP contribution in [0.3, 0.4) is 0 Å². The number of imidazole rings is 1. The van der Waals surface area contributed by atoms with Crippen LogP contribution in [0.5, 0.6) is 0 Å². The Morgan fingerprint density at radius 1 is 1.27 bits per heavy atom. The topological polar surface area (TPSA) is 191 Å². The lowest BCUT2D eigenvalue weighted by Gasteiger charge is -2.31. The summed E-state index contributed by atoms with van der Waals surface area (Å²) < 4.78 is 0. The van der Waals surface area contributed by atoms with Crippen molar-refractivity contribution in [2.24, 2.45) is 11.7 Å². The summed E-state index contributed by atoms with van der Waals surface area (Å²) in [5.41, 5.74) is 6.26. The van der Waals surface area contributed by atoms with E-state index in [4.69, 9.17) is 5.73 Å². The number of carbonyl (C=O) groups is 4. The predicted octanol–water partition coefficient (Wildman–Crippen LogP) is -1.25. The average molecular weight is 467 g/mol. The van der Waals surface area contributed by atoms with E-state index in [1.165, 1.54) is 24.3 Å². The molecule has 1 aromatic heterocycles. The summed E-state index contributed by atoms with van der Waals surface area (Å²) in [5.74, 6) is -3.16. The van der Waals surface area contributed by atoms with Gasteiger partial charge < -0.3 is 36.5 Å². The second-order valence-electron chi connectivity index (χ2n) is 8.51. The minimum absolute atomic E-state index is 0.0486. The zero-order valence-corrected chi connectivity index (χ0v) is 19.2. The Kier molecular flexibility index (Phi) is 9.35. The smallest absolute Gasteiger partial charge is 0.326 e. The first kappa shape index (κ1) is 26.3. The van der Waals surface area contributed by atoms with Crippen molar-refractivity contribution in [3.8, 4) is 0 Å². The van der Waals surface area contributed by atoms with Crippen LogP contribution < -0.4 is 16.4 Å². The van der Waals surface area contributed by atoms with Crippen LogP contribution in [0.15, 0.2) is 12.5 Å². The summed E-state index contributed by atoms with van der Waals surface area (Å²) in [5, 5.41) is 24.3. The molecule has 1 saturated heterocycles. The Balaban J connectivity index is 2.23. The Labute approximate surface area is 192 Å². The zero-order chi connectivity index (χ0) is 24.7. The molecule has 1 fully saturated rings. The van der Waals surface area contributed by atoms with Gasteiger partial charge in [0.2, 0.25) is 17.7 Å². The molecule has 0 saturated carbocycles.